The lowest BCUT2D eigenvalue weighted by Gasteiger charge is -2.71. The molecule has 7 fully saturated rings. The first-order chi connectivity index (χ1) is 26.1. The first-order valence-electron chi connectivity index (χ1n) is 21.0. The highest BCUT2D eigenvalue weighted by molar-refractivity contribution is 5.82. The predicted molar refractivity (Wildman–Crippen MR) is 197 cm³/mol. The molecule has 1 spiro atoms. The Morgan fingerprint density at radius 1 is 0.750 bits per heavy atom. The molecule has 3 saturated heterocycles. The molecule has 8 aliphatic rings. The Bertz CT molecular complexity index is 1570. The van der Waals surface area contributed by atoms with E-state index in [2.05, 4.69) is 54.5 Å². The zero-order valence-corrected chi connectivity index (χ0v) is 33.9. The maximum absolute atomic E-state index is 13.6. The largest absolute Gasteiger partial charge is 0.461 e. The van der Waals surface area contributed by atoms with E-state index >= 15 is 0 Å². The number of carbonyl (C=O) groups is 1. The molecule has 2 bridgehead atoms. The van der Waals surface area contributed by atoms with Crippen molar-refractivity contribution in [3.8, 4) is 0 Å². The van der Waals surface area contributed by atoms with Gasteiger partial charge in [-0.2, -0.15) is 0 Å². The summed E-state index contributed by atoms with van der Waals surface area (Å²) in [4.78, 5) is 13.6. The lowest BCUT2D eigenvalue weighted by atomic mass is 9.33. The smallest absolute Gasteiger partial charge is 0.315 e. The Kier molecular flexibility index (Phi) is 10.1. The molecule has 56 heavy (non-hydrogen) atoms. The van der Waals surface area contributed by atoms with Gasteiger partial charge in [-0.05, 0) is 84.4 Å². The summed E-state index contributed by atoms with van der Waals surface area (Å²) in [5.41, 5.74) is -0.606. The number of allylic oxidation sites excluding steroid dienone is 2. The molecule has 0 radical (unpaired) electrons. The van der Waals surface area contributed by atoms with Gasteiger partial charge < -0.3 is 64.5 Å². The van der Waals surface area contributed by atoms with Gasteiger partial charge in [-0.15, -0.1) is 0 Å². The molecule has 0 aromatic rings. The maximum Gasteiger partial charge on any atom is 0.315 e. The summed E-state index contributed by atoms with van der Waals surface area (Å²) >= 11 is 0. The van der Waals surface area contributed by atoms with Crippen LogP contribution in [-0.4, -0.2) is 140 Å². The van der Waals surface area contributed by atoms with Gasteiger partial charge in [0.2, 0.25) is 0 Å². The Morgan fingerprint density at radius 2 is 1.39 bits per heavy atom. The number of aliphatic hydroxyl groups excluding tert-OH is 8. The maximum atomic E-state index is 13.6. The fraction of sp³-hybridized carbons (Fsp3) is 0.929. The molecule has 3 heterocycles. The van der Waals surface area contributed by atoms with Crippen molar-refractivity contribution in [2.45, 2.75) is 180 Å². The van der Waals surface area contributed by atoms with Gasteiger partial charge in [0, 0.05) is 11.8 Å². The third-order valence-corrected chi connectivity index (χ3v) is 17.6. The van der Waals surface area contributed by atoms with Crippen LogP contribution in [0.4, 0.5) is 0 Å². The van der Waals surface area contributed by atoms with Crippen LogP contribution >= 0.6 is 0 Å². The summed E-state index contributed by atoms with van der Waals surface area (Å²) in [6, 6.07) is 0. The van der Waals surface area contributed by atoms with Gasteiger partial charge in [-0.1, -0.05) is 60.1 Å². The highest BCUT2D eigenvalue weighted by atomic mass is 16.7. The zero-order chi connectivity index (χ0) is 40.7. The molecule has 14 nitrogen and oxygen atoms in total. The van der Waals surface area contributed by atoms with Gasteiger partial charge in [0.05, 0.1) is 25.4 Å². The minimum atomic E-state index is -1.66. The normalized spacial score (nSPS) is 55.8. The van der Waals surface area contributed by atoms with Crippen molar-refractivity contribution in [2.24, 2.45) is 50.2 Å². The Labute approximate surface area is 329 Å². The Balaban J connectivity index is 0.998. The van der Waals surface area contributed by atoms with Crippen LogP contribution in [-0.2, 0) is 28.5 Å². The molecule has 0 aromatic heterocycles. The topological polar surface area (TPSA) is 225 Å². The fourth-order valence-electron chi connectivity index (χ4n) is 14.1. The Hall–Kier alpha value is -1.27. The van der Waals surface area contributed by atoms with E-state index in [0.29, 0.717) is 25.2 Å². The van der Waals surface area contributed by atoms with E-state index < -0.39 is 91.6 Å². The molecule has 0 aromatic carbocycles. The lowest BCUT2D eigenvalue weighted by molar-refractivity contribution is -0.345. The van der Waals surface area contributed by atoms with Crippen LogP contribution < -0.4 is 0 Å². The van der Waals surface area contributed by atoms with Crippen molar-refractivity contribution in [3.05, 3.63) is 11.6 Å². The molecule has 5 aliphatic carbocycles. The van der Waals surface area contributed by atoms with Crippen molar-refractivity contribution in [2.75, 3.05) is 13.2 Å². The molecular formula is C42H66O14. The zero-order valence-electron chi connectivity index (χ0n) is 33.9. The van der Waals surface area contributed by atoms with Crippen molar-refractivity contribution in [3.63, 3.8) is 0 Å². The second-order valence-electron chi connectivity index (χ2n) is 20.9. The third-order valence-electron chi connectivity index (χ3n) is 17.6. The van der Waals surface area contributed by atoms with E-state index in [1.807, 2.05) is 0 Å². The van der Waals surface area contributed by atoms with Crippen LogP contribution in [0.1, 0.15) is 99.8 Å². The number of rotatable bonds is 6. The van der Waals surface area contributed by atoms with Gasteiger partial charge in [0.15, 0.2) is 12.6 Å². The number of ether oxygens (including phenoxy) is 5. The van der Waals surface area contributed by atoms with Crippen LogP contribution in [0, 0.1) is 50.2 Å². The quantitative estimate of drug-likeness (QED) is 0.108. The Morgan fingerprint density at radius 3 is 2.07 bits per heavy atom. The van der Waals surface area contributed by atoms with Crippen molar-refractivity contribution in [1.29, 1.82) is 0 Å². The molecular weight excluding hydrogens is 728 g/mol. The first kappa shape index (κ1) is 41.5. The molecule has 8 rings (SSSR count). The second-order valence-corrected chi connectivity index (χ2v) is 20.9. The van der Waals surface area contributed by atoms with E-state index in [-0.39, 0.29) is 51.7 Å². The van der Waals surface area contributed by atoms with E-state index in [0.717, 1.165) is 32.1 Å². The number of carbonyl (C=O) groups excluding carboxylic acids is 1. The highest BCUT2D eigenvalue weighted by Crippen LogP contribution is 2.76. The van der Waals surface area contributed by atoms with Crippen molar-refractivity contribution in [1.82, 2.24) is 0 Å². The number of esters is 1. The van der Waals surface area contributed by atoms with Gasteiger partial charge in [-0.25, -0.2) is 0 Å². The van der Waals surface area contributed by atoms with E-state index in [1.54, 1.807) is 0 Å². The summed E-state index contributed by atoms with van der Waals surface area (Å²) in [6.07, 6.45) is -7.50. The summed E-state index contributed by atoms with van der Waals surface area (Å²) in [5, 5.41) is 85.2. The SMILES string of the molecule is CC1(C)C[C@H]2C3=CC[C@@H]4[C@@]5(C)CC[C@H](O[C@@H]6O[C@H](CO[C@@H]7O[C@H](CO)[C@@H](O)[C@H](O)[C@H]7O)[C@@H](O)[C@H](O)[C@H]6O)C(C)(C)[C@@H]5CC[C@@]4(C)[C@]3(C)C[C@@H](O)[C@@]23C[C@@H]1OC3=O. The second kappa shape index (κ2) is 13.6. The lowest BCUT2D eigenvalue weighted by Crippen LogP contribution is -2.67. The van der Waals surface area contributed by atoms with Crippen LogP contribution in [0.3, 0.4) is 0 Å². The first-order valence-corrected chi connectivity index (χ1v) is 21.0. The van der Waals surface area contributed by atoms with Gasteiger partial charge >= 0.3 is 5.97 Å². The number of aliphatic hydroxyl groups is 8. The summed E-state index contributed by atoms with van der Waals surface area (Å²) in [5.74, 6) is 0.258. The average Bonchev–Trinajstić information content (AvgIpc) is 3.46. The number of hydrogen-bond donors (Lipinski definition) is 8. The van der Waals surface area contributed by atoms with Crippen LogP contribution in [0.2, 0.25) is 0 Å². The summed E-state index contributed by atoms with van der Waals surface area (Å²) in [6.45, 7) is 14.9. The average molecular weight is 795 g/mol. The van der Waals surface area contributed by atoms with Gasteiger partial charge in [0.25, 0.3) is 0 Å². The molecule has 3 aliphatic heterocycles. The van der Waals surface area contributed by atoms with E-state index in [9.17, 15) is 45.6 Å². The molecule has 0 amide bonds. The summed E-state index contributed by atoms with van der Waals surface area (Å²) in [7, 11) is 0. The van der Waals surface area contributed by atoms with Gasteiger partial charge in [0.1, 0.15) is 60.4 Å². The van der Waals surface area contributed by atoms with Crippen LogP contribution in [0.5, 0.6) is 0 Å². The number of hydrogen-bond acceptors (Lipinski definition) is 14. The highest BCUT2D eigenvalue weighted by Gasteiger charge is 2.74. The van der Waals surface area contributed by atoms with E-state index in [4.69, 9.17) is 23.7 Å². The van der Waals surface area contributed by atoms with Gasteiger partial charge in [-0.3, -0.25) is 4.79 Å². The predicted octanol–water partition coefficient (Wildman–Crippen LogP) is 1.30. The van der Waals surface area contributed by atoms with Crippen molar-refractivity contribution >= 4 is 5.97 Å². The molecule has 14 heteroatoms. The molecule has 20 atom stereocenters. The van der Waals surface area contributed by atoms with Crippen LogP contribution in [0.25, 0.3) is 0 Å². The number of fused-ring (bicyclic) bond motifs is 7. The monoisotopic (exact) mass is 794 g/mol. The van der Waals surface area contributed by atoms with Crippen LogP contribution in [0.15, 0.2) is 11.6 Å². The standard InChI is InChI=1S/C42H66O14/c1-37(2)14-20-19-8-9-24-39(5)12-11-26(38(3,4)23(39)10-13-40(24,6)41(19,7)15-25(44)42(20)16-27(37)56-36(42)51)55-35-33(50)31(48)29(46)22(54-35)18-52-34-32(49)30(47)28(45)21(17-43)53-34/h8,20-35,43-50H,9-18H2,1-7H3/t20-,21+,22+,23-,24+,25+,26-,27-,28+,29+,30-,31-,32+,33+,34+,35-,39-,40+,41+,42+/m0/s1. The summed E-state index contributed by atoms with van der Waals surface area (Å²) < 4.78 is 29.7. The van der Waals surface area contributed by atoms with E-state index in [1.165, 1.54) is 5.57 Å². The van der Waals surface area contributed by atoms with Crippen molar-refractivity contribution < 1.29 is 69.3 Å². The minimum Gasteiger partial charge on any atom is -0.461 e. The fourth-order valence-corrected chi connectivity index (χ4v) is 14.1. The molecule has 0 unspecified atom stereocenters. The third kappa shape index (κ3) is 5.60. The molecule has 4 saturated carbocycles. The molecule has 8 N–H and O–H groups in total. The molecule has 318 valence electrons. The minimum absolute atomic E-state index is 0.0522.